The quantitative estimate of drug-likeness (QED) is 0.0820. The Bertz CT molecular complexity index is 1440. The Morgan fingerprint density at radius 2 is 0.829 bits per heavy atom. The number of aromatic nitrogens is 6. The van der Waals surface area contributed by atoms with Crippen molar-refractivity contribution in [2.75, 3.05) is 19.6 Å². The maximum absolute atomic E-state index is 12.2. The molecule has 0 bridgehead atoms. The predicted molar refractivity (Wildman–Crippen MR) is 146 cm³/mol. The molecule has 3 aromatic rings. The first kappa shape index (κ1) is 40.6. The standard InChI is InChI=1S/C21H30N9O6PS.3Na/c1-13-10-16(31)28(19(34)25-13)7-4-22-37(38,23-5-8-29-17(32)11-14(2)26-20(29)35)24-6-9-30-18(33)12-15(3)27-21(30)36;;;/h10-12H,4-9H2,1-3H3,(H,25,34)(H,26,35)(H,27,36)(H3,22,23,24,38);;;/q;3*+1. The van der Waals surface area contributed by atoms with E-state index in [1.807, 2.05) is 0 Å². The summed E-state index contributed by atoms with van der Waals surface area (Å²) in [5.41, 5.74) is -1.71. The van der Waals surface area contributed by atoms with E-state index < -0.39 is 40.2 Å². The van der Waals surface area contributed by atoms with Crippen molar-refractivity contribution in [1.82, 2.24) is 43.9 Å². The summed E-state index contributed by atoms with van der Waals surface area (Å²) < 4.78 is 3.07. The predicted octanol–water partition coefficient (Wildman–Crippen LogP) is -11.4. The van der Waals surface area contributed by atoms with Gasteiger partial charge in [0.1, 0.15) is 6.49 Å². The number of H-pyrrole nitrogens is 3. The Labute approximate surface area is 305 Å². The SMILES string of the molecule is Cc1cc(=O)n(CCNP(=S)(NCCn2c(=O)cc(C)[nH]c2=O)NCCn2c(=O)cc(C)[nH]c2=O)c(=O)[nH]1.[Na+].[Na+].[Na+]. The Kier molecular flexibility index (Phi) is 18.2. The molecule has 0 saturated heterocycles. The number of rotatable bonds is 12. The molecule has 3 aromatic heterocycles. The fraction of sp³-hybridized carbons (Fsp3) is 0.429. The number of nitrogens with one attached hydrogen (secondary N) is 6. The van der Waals surface area contributed by atoms with Crippen molar-refractivity contribution >= 4 is 18.3 Å². The minimum Gasteiger partial charge on any atom is -0.311 e. The molecule has 0 saturated carbocycles. The molecule has 0 radical (unpaired) electrons. The minimum atomic E-state index is -2.85. The largest absolute Gasteiger partial charge is 1.00 e. The van der Waals surface area contributed by atoms with E-state index in [-0.39, 0.29) is 128 Å². The molecule has 0 aliphatic heterocycles. The van der Waals surface area contributed by atoms with Crippen molar-refractivity contribution in [2.24, 2.45) is 0 Å². The molecule has 15 nitrogen and oxygen atoms in total. The molecular formula is C21H30N9Na3O6PS+3. The molecule has 0 unspecified atom stereocenters. The van der Waals surface area contributed by atoms with Crippen molar-refractivity contribution in [1.29, 1.82) is 0 Å². The summed E-state index contributed by atoms with van der Waals surface area (Å²) in [6.07, 6.45) is 0. The van der Waals surface area contributed by atoms with Crippen molar-refractivity contribution in [3.8, 4) is 0 Å². The molecule has 0 atom stereocenters. The van der Waals surface area contributed by atoms with Crippen LogP contribution in [0.3, 0.4) is 0 Å². The molecule has 0 aliphatic carbocycles. The van der Waals surface area contributed by atoms with Gasteiger partial charge in [-0.15, -0.1) is 0 Å². The zero-order chi connectivity index (χ0) is 28.0. The van der Waals surface area contributed by atoms with E-state index >= 15 is 0 Å². The normalized spacial score (nSPS) is 10.8. The smallest absolute Gasteiger partial charge is 0.311 e. The van der Waals surface area contributed by atoms with Crippen LogP contribution < -0.4 is 138 Å². The van der Waals surface area contributed by atoms with E-state index in [2.05, 4.69) is 30.2 Å². The van der Waals surface area contributed by atoms with Gasteiger partial charge in [-0.1, -0.05) is 0 Å². The second kappa shape index (κ2) is 18.4. The van der Waals surface area contributed by atoms with Gasteiger partial charge < -0.3 is 15.0 Å². The maximum Gasteiger partial charge on any atom is 1.00 e. The Morgan fingerprint density at radius 1 is 0.585 bits per heavy atom. The molecule has 20 heteroatoms. The zero-order valence-electron chi connectivity index (χ0n) is 24.1. The minimum absolute atomic E-state index is 0. The van der Waals surface area contributed by atoms with Crippen molar-refractivity contribution in [2.45, 2.75) is 40.4 Å². The second-order valence-corrected chi connectivity index (χ2v) is 12.4. The van der Waals surface area contributed by atoms with Crippen LogP contribution in [-0.2, 0) is 31.4 Å². The van der Waals surface area contributed by atoms with E-state index in [1.54, 1.807) is 20.8 Å². The second-order valence-electron chi connectivity index (χ2n) is 8.58. The monoisotopic (exact) mass is 636 g/mol. The summed E-state index contributed by atoms with van der Waals surface area (Å²) in [4.78, 5) is 80.7. The van der Waals surface area contributed by atoms with Gasteiger partial charge in [-0.2, -0.15) is 0 Å². The van der Waals surface area contributed by atoms with E-state index in [0.29, 0.717) is 17.1 Å². The van der Waals surface area contributed by atoms with Crippen LogP contribution in [0.25, 0.3) is 0 Å². The topological polar surface area (TPSA) is 201 Å². The number of hydrogen-bond donors (Lipinski definition) is 6. The molecule has 3 heterocycles. The molecule has 206 valence electrons. The number of hydrogen-bond acceptors (Lipinski definition) is 7. The zero-order valence-corrected chi connectivity index (χ0v) is 31.8. The van der Waals surface area contributed by atoms with Gasteiger partial charge in [0.15, 0.2) is 0 Å². The fourth-order valence-electron chi connectivity index (χ4n) is 3.67. The average molecular weight is 637 g/mol. The van der Waals surface area contributed by atoms with Crippen LogP contribution in [0.1, 0.15) is 17.1 Å². The number of aromatic amines is 3. The molecule has 0 aliphatic rings. The van der Waals surface area contributed by atoms with E-state index in [1.165, 1.54) is 18.2 Å². The summed E-state index contributed by atoms with van der Waals surface area (Å²) in [5, 5.41) is 9.32. The fourth-order valence-corrected chi connectivity index (χ4v) is 6.07. The van der Waals surface area contributed by atoms with Crippen LogP contribution in [0.5, 0.6) is 0 Å². The molecular weight excluding hydrogens is 606 g/mol. The van der Waals surface area contributed by atoms with Crippen LogP contribution in [0.15, 0.2) is 47.0 Å². The van der Waals surface area contributed by atoms with Gasteiger partial charge in [0.25, 0.3) is 16.7 Å². The first-order valence-electron chi connectivity index (χ1n) is 11.7. The Balaban J connectivity index is 0.00000533. The molecule has 0 amide bonds. The third-order valence-electron chi connectivity index (χ3n) is 5.48. The van der Waals surface area contributed by atoms with Gasteiger partial charge in [-0.3, -0.25) is 43.3 Å². The number of aryl methyl sites for hydroxylation is 3. The summed E-state index contributed by atoms with van der Waals surface area (Å²) in [6.45, 7) is 2.39. The van der Waals surface area contributed by atoms with Gasteiger partial charge in [0.2, 0.25) is 0 Å². The molecule has 0 spiro atoms. The van der Waals surface area contributed by atoms with Gasteiger partial charge >= 0.3 is 106 Å². The van der Waals surface area contributed by atoms with Crippen molar-refractivity contribution in [3.63, 3.8) is 0 Å². The van der Waals surface area contributed by atoms with Crippen LogP contribution in [0.4, 0.5) is 0 Å². The van der Waals surface area contributed by atoms with Crippen LogP contribution in [-0.4, -0.2) is 48.3 Å². The van der Waals surface area contributed by atoms with E-state index in [9.17, 15) is 28.8 Å². The maximum atomic E-state index is 12.2. The Hall–Kier alpha value is -0.430. The van der Waals surface area contributed by atoms with Gasteiger partial charge in [0, 0.05) is 74.5 Å². The van der Waals surface area contributed by atoms with E-state index in [0.717, 1.165) is 13.7 Å². The van der Waals surface area contributed by atoms with Gasteiger partial charge in [-0.25, -0.2) is 14.4 Å². The van der Waals surface area contributed by atoms with Crippen LogP contribution in [0, 0.1) is 20.8 Å². The average Bonchev–Trinajstić information content (AvgIpc) is 2.79. The Morgan fingerprint density at radius 3 is 1.05 bits per heavy atom. The third kappa shape index (κ3) is 11.9. The molecule has 41 heavy (non-hydrogen) atoms. The van der Waals surface area contributed by atoms with Crippen LogP contribution >= 0.6 is 6.49 Å². The summed E-state index contributed by atoms with van der Waals surface area (Å²) in [6, 6.07) is 3.92. The first-order valence-corrected chi connectivity index (χ1v) is 14.5. The first-order chi connectivity index (χ1) is 17.9. The molecule has 0 fully saturated rings. The molecule has 6 N–H and O–H groups in total. The molecule has 3 rings (SSSR count). The number of nitrogens with zero attached hydrogens (tertiary/aromatic N) is 3. The summed E-state index contributed by atoms with van der Waals surface area (Å²) in [5.74, 6) is 0. The van der Waals surface area contributed by atoms with Crippen molar-refractivity contribution < 1.29 is 88.7 Å². The van der Waals surface area contributed by atoms with Gasteiger partial charge in [-0.05, 0) is 32.6 Å². The summed E-state index contributed by atoms with van der Waals surface area (Å²) >= 11 is 5.77. The van der Waals surface area contributed by atoms with Gasteiger partial charge in [0.05, 0.1) is 0 Å². The third-order valence-corrected chi connectivity index (χ3v) is 8.64. The van der Waals surface area contributed by atoms with Crippen molar-refractivity contribution in [3.05, 3.63) is 97.8 Å². The van der Waals surface area contributed by atoms with Crippen LogP contribution in [0.2, 0.25) is 0 Å². The van der Waals surface area contributed by atoms with E-state index in [4.69, 9.17) is 11.8 Å². The summed E-state index contributed by atoms with van der Waals surface area (Å²) in [7, 11) is 0. The molecule has 0 aromatic carbocycles.